The Hall–Kier alpha value is -2.04. The Morgan fingerprint density at radius 1 is 1.33 bits per heavy atom. The van der Waals surface area contributed by atoms with E-state index in [4.69, 9.17) is 5.11 Å². The van der Waals surface area contributed by atoms with Crippen molar-refractivity contribution in [2.45, 2.75) is 20.4 Å². The Morgan fingerprint density at radius 3 is 2.56 bits per heavy atom. The van der Waals surface area contributed by atoms with Crippen LogP contribution in [0.2, 0.25) is 0 Å². The van der Waals surface area contributed by atoms with Crippen LogP contribution in [-0.4, -0.2) is 35.1 Å². The second-order valence-electron chi connectivity index (χ2n) is 3.99. The van der Waals surface area contributed by atoms with Crippen LogP contribution in [0.4, 0.5) is 4.79 Å². The summed E-state index contributed by atoms with van der Waals surface area (Å²) in [4.78, 5) is 23.6. The molecule has 0 saturated heterocycles. The summed E-state index contributed by atoms with van der Waals surface area (Å²) in [6.45, 7) is 4.20. The number of nitrogens with one attached hydrogen (secondary N) is 1. The van der Waals surface area contributed by atoms with Gasteiger partial charge in [0.15, 0.2) is 0 Å². The highest BCUT2D eigenvalue weighted by Gasteiger charge is 2.14. The summed E-state index contributed by atoms with van der Waals surface area (Å²) in [7, 11) is 0. The van der Waals surface area contributed by atoms with Crippen molar-refractivity contribution < 1.29 is 14.7 Å². The van der Waals surface area contributed by atoms with Gasteiger partial charge in [-0.05, 0) is 25.0 Å². The number of amides is 2. The monoisotopic (exact) mass is 250 g/mol. The normalized spacial score (nSPS) is 9.89. The molecule has 0 unspecified atom stereocenters. The van der Waals surface area contributed by atoms with Gasteiger partial charge in [0.25, 0.3) is 0 Å². The molecule has 0 heterocycles. The summed E-state index contributed by atoms with van der Waals surface area (Å²) in [6.07, 6.45) is 0. The lowest BCUT2D eigenvalue weighted by Crippen LogP contribution is -2.42. The first-order valence-electron chi connectivity index (χ1n) is 5.83. The fourth-order valence-corrected chi connectivity index (χ4v) is 1.58. The lowest BCUT2D eigenvalue weighted by atomic mass is 10.1. The minimum atomic E-state index is -1.01. The van der Waals surface area contributed by atoms with Crippen molar-refractivity contribution in [1.29, 1.82) is 0 Å². The van der Waals surface area contributed by atoms with E-state index in [2.05, 4.69) is 5.32 Å². The molecule has 0 radical (unpaired) electrons. The van der Waals surface area contributed by atoms with E-state index >= 15 is 0 Å². The van der Waals surface area contributed by atoms with E-state index in [0.717, 1.165) is 11.1 Å². The largest absolute Gasteiger partial charge is 0.480 e. The standard InChI is InChI=1S/C13H18N2O3/c1-3-15(9-12(16)17)13(18)14-8-11-7-5-4-6-10(11)2/h4-7H,3,8-9H2,1-2H3,(H,14,18)(H,16,17). The molecule has 5 nitrogen and oxygen atoms in total. The van der Waals surface area contributed by atoms with Crippen molar-refractivity contribution in [3.8, 4) is 0 Å². The molecule has 0 aromatic heterocycles. The summed E-state index contributed by atoms with van der Waals surface area (Å²) in [6, 6.07) is 7.38. The van der Waals surface area contributed by atoms with Gasteiger partial charge >= 0.3 is 12.0 Å². The van der Waals surface area contributed by atoms with Crippen molar-refractivity contribution in [3.05, 3.63) is 35.4 Å². The number of carbonyl (C=O) groups is 2. The molecule has 18 heavy (non-hydrogen) atoms. The van der Waals surface area contributed by atoms with Crippen LogP contribution in [0.15, 0.2) is 24.3 Å². The Labute approximate surface area is 106 Å². The van der Waals surface area contributed by atoms with E-state index in [1.807, 2.05) is 31.2 Å². The number of aryl methyl sites for hydroxylation is 1. The van der Waals surface area contributed by atoms with Crippen LogP contribution < -0.4 is 5.32 Å². The zero-order valence-corrected chi connectivity index (χ0v) is 10.6. The molecule has 0 fully saturated rings. The average Bonchev–Trinajstić information content (AvgIpc) is 2.34. The number of rotatable bonds is 5. The topological polar surface area (TPSA) is 69.6 Å². The second-order valence-corrected chi connectivity index (χ2v) is 3.99. The van der Waals surface area contributed by atoms with Crippen molar-refractivity contribution in [1.82, 2.24) is 10.2 Å². The first-order chi connectivity index (χ1) is 8.54. The predicted octanol–water partition coefficient (Wildman–Crippen LogP) is 1.61. The molecule has 2 amide bonds. The van der Waals surface area contributed by atoms with Gasteiger partial charge in [-0.2, -0.15) is 0 Å². The van der Waals surface area contributed by atoms with E-state index in [0.29, 0.717) is 13.1 Å². The number of hydrogen-bond acceptors (Lipinski definition) is 2. The van der Waals surface area contributed by atoms with Gasteiger partial charge in [0, 0.05) is 13.1 Å². The van der Waals surface area contributed by atoms with Crippen molar-refractivity contribution in [3.63, 3.8) is 0 Å². The minimum Gasteiger partial charge on any atom is -0.480 e. The highest BCUT2D eigenvalue weighted by atomic mass is 16.4. The second kappa shape index (κ2) is 6.64. The lowest BCUT2D eigenvalue weighted by Gasteiger charge is -2.19. The van der Waals surface area contributed by atoms with Gasteiger partial charge in [-0.1, -0.05) is 24.3 Å². The molecule has 5 heteroatoms. The van der Waals surface area contributed by atoms with Crippen LogP contribution in [0.3, 0.4) is 0 Å². The maximum atomic E-state index is 11.7. The Kier molecular flexibility index (Phi) is 5.17. The summed E-state index contributed by atoms with van der Waals surface area (Å²) in [5.74, 6) is -1.01. The number of hydrogen-bond donors (Lipinski definition) is 2. The van der Waals surface area contributed by atoms with Crippen LogP contribution in [0, 0.1) is 6.92 Å². The zero-order chi connectivity index (χ0) is 13.5. The van der Waals surface area contributed by atoms with E-state index in [9.17, 15) is 9.59 Å². The third-order valence-corrected chi connectivity index (χ3v) is 2.69. The highest BCUT2D eigenvalue weighted by Crippen LogP contribution is 2.06. The maximum absolute atomic E-state index is 11.7. The SMILES string of the molecule is CCN(CC(=O)O)C(=O)NCc1ccccc1C. The molecule has 0 aliphatic carbocycles. The number of urea groups is 1. The summed E-state index contributed by atoms with van der Waals surface area (Å²) < 4.78 is 0. The highest BCUT2D eigenvalue weighted by molar-refractivity contribution is 5.80. The molecule has 1 aromatic carbocycles. The molecule has 0 atom stereocenters. The molecule has 0 saturated carbocycles. The van der Waals surface area contributed by atoms with Crippen LogP contribution in [0.1, 0.15) is 18.1 Å². The molecular weight excluding hydrogens is 232 g/mol. The summed E-state index contributed by atoms with van der Waals surface area (Å²) in [5, 5.41) is 11.4. The van der Waals surface area contributed by atoms with Crippen molar-refractivity contribution >= 4 is 12.0 Å². The van der Waals surface area contributed by atoms with Crippen LogP contribution >= 0.6 is 0 Å². The van der Waals surface area contributed by atoms with E-state index in [1.165, 1.54) is 4.90 Å². The van der Waals surface area contributed by atoms with Gasteiger partial charge in [-0.25, -0.2) is 4.79 Å². The van der Waals surface area contributed by atoms with Gasteiger partial charge in [0.2, 0.25) is 0 Å². The smallest absolute Gasteiger partial charge is 0.323 e. The lowest BCUT2D eigenvalue weighted by molar-refractivity contribution is -0.137. The first kappa shape index (κ1) is 14.0. The molecule has 1 rings (SSSR count). The summed E-state index contributed by atoms with van der Waals surface area (Å²) >= 11 is 0. The number of benzene rings is 1. The van der Waals surface area contributed by atoms with Gasteiger partial charge in [0.1, 0.15) is 6.54 Å². The number of aliphatic carboxylic acids is 1. The quantitative estimate of drug-likeness (QED) is 0.834. The van der Waals surface area contributed by atoms with E-state index < -0.39 is 5.97 Å². The number of likely N-dealkylation sites (N-methyl/N-ethyl adjacent to an activating group) is 1. The van der Waals surface area contributed by atoms with Crippen molar-refractivity contribution in [2.24, 2.45) is 0 Å². The molecule has 0 bridgehead atoms. The van der Waals surface area contributed by atoms with Crippen LogP contribution in [-0.2, 0) is 11.3 Å². The third-order valence-electron chi connectivity index (χ3n) is 2.69. The van der Waals surface area contributed by atoms with E-state index in [-0.39, 0.29) is 12.6 Å². The molecule has 0 aliphatic heterocycles. The van der Waals surface area contributed by atoms with Crippen LogP contribution in [0.5, 0.6) is 0 Å². The zero-order valence-electron chi connectivity index (χ0n) is 10.6. The van der Waals surface area contributed by atoms with Gasteiger partial charge in [-0.3, -0.25) is 4.79 Å². The van der Waals surface area contributed by atoms with Gasteiger partial charge in [0.05, 0.1) is 0 Å². The fraction of sp³-hybridized carbons (Fsp3) is 0.385. The number of carboxylic acids is 1. The Morgan fingerprint density at radius 2 is 2.00 bits per heavy atom. The first-order valence-corrected chi connectivity index (χ1v) is 5.83. The Balaban J connectivity index is 2.54. The van der Waals surface area contributed by atoms with Gasteiger partial charge in [-0.15, -0.1) is 0 Å². The molecule has 1 aromatic rings. The average molecular weight is 250 g/mol. The number of carboxylic acid groups (broad SMARTS) is 1. The van der Waals surface area contributed by atoms with Crippen molar-refractivity contribution in [2.75, 3.05) is 13.1 Å². The van der Waals surface area contributed by atoms with Crippen LogP contribution in [0.25, 0.3) is 0 Å². The fourth-order valence-electron chi connectivity index (χ4n) is 1.58. The van der Waals surface area contributed by atoms with E-state index in [1.54, 1.807) is 6.92 Å². The third kappa shape index (κ3) is 4.08. The number of nitrogens with zero attached hydrogens (tertiary/aromatic N) is 1. The number of carbonyl (C=O) groups excluding carboxylic acids is 1. The molecule has 98 valence electrons. The molecular formula is C13H18N2O3. The maximum Gasteiger partial charge on any atom is 0.323 e. The molecule has 0 spiro atoms. The minimum absolute atomic E-state index is 0.282. The van der Waals surface area contributed by atoms with Gasteiger partial charge < -0.3 is 15.3 Å². The Bertz CT molecular complexity index is 432. The molecule has 2 N–H and O–H groups in total. The molecule has 0 aliphatic rings. The predicted molar refractivity (Wildman–Crippen MR) is 68.3 cm³/mol. The summed E-state index contributed by atoms with van der Waals surface area (Å²) in [5.41, 5.74) is 2.12.